The second kappa shape index (κ2) is 7.88. The van der Waals surface area contributed by atoms with Crippen LogP contribution in [0, 0.1) is 0 Å². The van der Waals surface area contributed by atoms with Gasteiger partial charge >= 0.3 is 0 Å². The summed E-state index contributed by atoms with van der Waals surface area (Å²) < 4.78 is 6.88. The van der Waals surface area contributed by atoms with Crippen molar-refractivity contribution in [3.8, 4) is 5.75 Å². The minimum absolute atomic E-state index is 0.216. The monoisotopic (exact) mass is 329 g/mol. The van der Waals surface area contributed by atoms with Crippen LogP contribution in [0.4, 0.5) is 0 Å². The van der Waals surface area contributed by atoms with E-state index in [1.54, 1.807) is 6.92 Å². The van der Waals surface area contributed by atoms with Gasteiger partial charge in [-0.25, -0.2) is 0 Å². The summed E-state index contributed by atoms with van der Waals surface area (Å²) in [6, 6.07) is 6.19. The fraction of sp³-hybridized carbons (Fsp3) is 0.600. The molecular formula is C15H24BrNO2. The molecular weight excluding hydrogens is 306 g/mol. The van der Waals surface area contributed by atoms with Gasteiger partial charge in [-0.15, -0.1) is 0 Å². The number of rotatable bonds is 7. The maximum absolute atomic E-state index is 9.56. The van der Waals surface area contributed by atoms with Gasteiger partial charge in [0.2, 0.25) is 0 Å². The summed E-state index contributed by atoms with van der Waals surface area (Å²) in [4.78, 5) is 0. The fourth-order valence-electron chi connectivity index (χ4n) is 1.73. The molecule has 0 spiro atoms. The quantitative estimate of drug-likeness (QED) is 0.802. The predicted octanol–water partition coefficient (Wildman–Crippen LogP) is 3.66. The molecule has 108 valence electrons. The first-order valence-electron chi connectivity index (χ1n) is 6.83. The van der Waals surface area contributed by atoms with Gasteiger partial charge < -0.3 is 15.2 Å². The van der Waals surface area contributed by atoms with Crippen molar-refractivity contribution in [3.05, 3.63) is 28.2 Å². The summed E-state index contributed by atoms with van der Waals surface area (Å²) in [5.74, 6) is 0.827. The second-order valence-electron chi connectivity index (χ2n) is 4.92. The zero-order chi connectivity index (χ0) is 14.4. The highest BCUT2D eigenvalue weighted by molar-refractivity contribution is 9.10. The normalized spacial score (nSPS) is 15.9. The van der Waals surface area contributed by atoms with E-state index >= 15 is 0 Å². The van der Waals surface area contributed by atoms with Crippen LogP contribution in [-0.2, 0) is 0 Å². The molecule has 19 heavy (non-hydrogen) atoms. The third-order valence-corrected chi connectivity index (χ3v) is 3.62. The Hall–Kier alpha value is -0.580. The Morgan fingerprint density at radius 3 is 2.58 bits per heavy atom. The SMILES string of the molecule is CCCNC(C)c1cc(Br)ccc1OC(C)C(C)O. The minimum atomic E-state index is -0.490. The van der Waals surface area contributed by atoms with Gasteiger partial charge in [0.05, 0.1) is 6.10 Å². The molecule has 0 amide bonds. The van der Waals surface area contributed by atoms with Crippen molar-refractivity contribution in [1.29, 1.82) is 0 Å². The summed E-state index contributed by atoms with van der Waals surface area (Å²) in [5, 5.41) is 13.0. The molecule has 1 aromatic carbocycles. The first-order valence-corrected chi connectivity index (χ1v) is 7.62. The average Bonchev–Trinajstić information content (AvgIpc) is 2.37. The van der Waals surface area contributed by atoms with E-state index in [-0.39, 0.29) is 12.1 Å². The molecule has 0 radical (unpaired) electrons. The Kier molecular flexibility index (Phi) is 6.83. The molecule has 0 aliphatic rings. The highest BCUT2D eigenvalue weighted by Gasteiger charge is 2.16. The molecule has 3 unspecified atom stereocenters. The molecule has 3 atom stereocenters. The van der Waals surface area contributed by atoms with E-state index in [1.165, 1.54) is 0 Å². The highest BCUT2D eigenvalue weighted by atomic mass is 79.9. The molecule has 4 heteroatoms. The third kappa shape index (κ3) is 5.13. The maximum atomic E-state index is 9.56. The van der Waals surface area contributed by atoms with E-state index in [1.807, 2.05) is 19.1 Å². The van der Waals surface area contributed by atoms with E-state index in [9.17, 15) is 5.11 Å². The zero-order valence-electron chi connectivity index (χ0n) is 12.1. The van der Waals surface area contributed by atoms with Crippen molar-refractivity contribution in [2.75, 3.05) is 6.54 Å². The molecule has 0 saturated heterocycles. The van der Waals surface area contributed by atoms with Crippen molar-refractivity contribution in [1.82, 2.24) is 5.32 Å². The third-order valence-electron chi connectivity index (χ3n) is 3.13. The summed E-state index contributed by atoms with van der Waals surface area (Å²) in [6.45, 7) is 8.85. The van der Waals surface area contributed by atoms with Crippen LogP contribution in [0.1, 0.15) is 45.7 Å². The van der Waals surface area contributed by atoms with Crippen LogP contribution < -0.4 is 10.1 Å². The molecule has 0 aliphatic carbocycles. The Bertz CT molecular complexity index is 396. The number of benzene rings is 1. The van der Waals surface area contributed by atoms with Gasteiger partial charge in [-0.2, -0.15) is 0 Å². The first-order chi connectivity index (χ1) is 8.95. The van der Waals surface area contributed by atoms with Crippen molar-refractivity contribution in [2.24, 2.45) is 0 Å². The van der Waals surface area contributed by atoms with E-state index in [4.69, 9.17) is 4.74 Å². The van der Waals surface area contributed by atoms with E-state index < -0.39 is 6.10 Å². The number of aliphatic hydroxyl groups is 1. The molecule has 1 rings (SSSR count). The maximum Gasteiger partial charge on any atom is 0.124 e. The Labute approximate surface area is 124 Å². The predicted molar refractivity (Wildman–Crippen MR) is 82.6 cm³/mol. The van der Waals surface area contributed by atoms with Crippen LogP contribution >= 0.6 is 15.9 Å². The molecule has 0 aliphatic heterocycles. The average molecular weight is 330 g/mol. The molecule has 3 nitrogen and oxygen atoms in total. The number of nitrogens with one attached hydrogen (secondary N) is 1. The number of aliphatic hydroxyl groups excluding tert-OH is 1. The van der Waals surface area contributed by atoms with Crippen molar-refractivity contribution >= 4 is 15.9 Å². The van der Waals surface area contributed by atoms with Crippen molar-refractivity contribution in [2.45, 2.75) is 52.4 Å². The van der Waals surface area contributed by atoms with Crippen molar-refractivity contribution in [3.63, 3.8) is 0 Å². The Morgan fingerprint density at radius 2 is 2.00 bits per heavy atom. The number of ether oxygens (including phenoxy) is 1. The van der Waals surface area contributed by atoms with E-state index in [2.05, 4.69) is 41.2 Å². The molecule has 0 heterocycles. The van der Waals surface area contributed by atoms with Crippen LogP contribution in [0.3, 0.4) is 0 Å². The van der Waals surface area contributed by atoms with Gasteiger partial charge in [0.15, 0.2) is 0 Å². The Morgan fingerprint density at radius 1 is 1.32 bits per heavy atom. The van der Waals surface area contributed by atoms with Gasteiger partial charge in [-0.1, -0.05) is 22.9 Å². The zero-order valence-corrected chi connectivity index (χ0v) is 13.7. The van der Waals surface area contributed by atoms with Crippen LogP contribution in [0.15, 0.2) is 22.7 Å². The lowest BCUT2D eigenvalue weighted by atomic mass is 10.1. The molecule has 0 bridgehead atoms. The van der Waals surface area contributed by atoms with Gasteiger partial charge in [-0.3, -0.25) is 0 Å². The molecule has 2 N–H and O–H groups in total. The molecule has 1 aromatic rings. The number of hydrogen-bond donors (Lipinski definition) is 2. The van der Waals surface area contributed by atoms with Gasteiger partial charge in [0.1, 0.15) is 11.9 Å². The largest absolute Gasteiger partial charge is 0.488 e. The summed E-state index contributed by atoms with van der Waals surface area (Å²) in [6.07, 6.45) is 0.382. The number of hydrogen-bond acceptors (Lipinski definition) is 3. The lowest BCUT2D eigenvalue weighted by molar-refractivity contribution is 0.0595. The summed E-state index contributed by atoms with van der Waals surface area (Å²) >= 11 is 3.50. The smallest absolute Gasteiger partial charge is 0.124 e. The van der Waals surface area contributed by atoms with E-state index in [0.717, 1.165) is 28.8 Å². The lowest BCUT2D eigenvalue weighted by Crippen LogP contribution is -2.27. The second-order valence-corrected chi connectivity index (χ2v) is 5.84. The van der Waals surface area contributed by atoms with Crippen LogP contribution in [0.2, 0.25) is 0 Å². The van der Waals surface area contributed by atoms with E-state index in [0.29, 0.717) is 0 Å². The van der Waals surface area contributed by atoms with Crippen LogP contribution in [0.25, 0.3) is 0 Å². The summed E-state index contributed by atoms with van der Waals surface area (Å²) in [7, 11) is 0. The Balaban J connectivity index is 2.90. The number of halogens is 1. The molecule has 0 saturated carbocycles. The van der Waals surface area contributed by atoms with Gasteiger partial charge in [0, 0.05) is 16.1 Å². The van der Waals surface area contributed by atoms with Gasteiger partial charge in [-0.05, 0) is 51.9 Å². The fourth-order valence-corrected chi connectivity index (χ4v) is 2.11. The summed E-state index contributed by atoms with van der Waals surface area (Å²) in [5.41, 5.74) is 1.11. The van der Waals surface area contributed by atoms with Crippen LogP contribution in [-0.4, -0.2) is 23.9 Å². The van der Waals surface area contributed by atoms with Gasteiger partial charge in [0.25, 0.3) is 0 Å². The lowest BCUT2D eigenvalue weighted by Gasteiger charge is -2.23. The minimum Gasteiger partial charge on any atom is -0.488 e. The van der Waals surface area contributed by atoms with Crippen molar-refractivity contribution < 1.29 is 9.84 Å². The highest BCUT2D eigenvalue weighted by Crippen LogP contribution is 2.29. The topological polar surface area (TPSA) is 41.5 Å². The van der Waals surface area contributed by atoms with Crippen LogP contribution in [0.5, 0.6) is 5.75 Å². The standard InChI is InChI=1S/C15H24BrNO2/c1-5-8-17-10(2)14-9-13(16)6-7-15(14)19-12(4)11(3)18/h6-7,9-12,17-18H,5,8H2,1-4H3. The first kappa shape index (κ1) is 16.5. The molecule has 0 aromatic heterocycles. The molecule has 0 fully saturated rings.